The molecule has 222 valence electrons. The molecule has 0 aliphatic heterocycles. The molecule has 4 aliphatic rings. The van der Waals surface area contributed by atoms with E-state index >= 15 is 0 Å². The van der Waals surface area contributed by atoms with Crippen molar-refractivity contribution in [2.75, 3.05) is 7.11 Å². The zero-order valence-electron chi connectivity index (χ0n) is 23.1. The van der Waals surface area contributed by atoms with Crippen molar-refractivity contribution in [1.82, 2.24) is 5.32 Å². The number of hydrogen-bond acceptors (Lipinski definition) is 5. The average Bonchev–Trinajstić information content (AvgIpc) is 2.93. The molecule has 0 radical (unpaired) electrons. The molecular formula is C32H32F3NO5S. The first-order chi connectivity index (χ1) is 20.0. The highest BCUT2D eigenvalue weighted by molar-refractivity contribution is 8.00. The van der Waals surface area contributed by atoms with E-state index in [1.807, 2.05) is 6.07 Å². The van der Waals surface area contributed by atoms with E-state index in [9.17, 15) is 27.9 Å². The Kier molecular flexibility index (Phi) is 7.53. The highest BCUT2D eigenvalue weighted by Gasteiger charge is 2.56. The zero-order valence-corrected chi connectivity index (χ0v) is 23.9. The van der Waals surface area contributed by atoms with Crippen molar-refractivity contribution in [3.8, 4) is 11.5 Å². The van der Waals surface area contributed by atoms with Gasteiger partial charge >= 0.3 is 11.5 Å². The van der Waals surface area contributed by atoms with E-state index in [2.05, 4.69) is 5.32 Å². The second-order valence-corrected chi connectivity index (χ2v) is 13.2. The minimum absolute atomic E-state index is 0.000274. The molecule has 3 aromatic rings. The van der Waals surface area contributed by atoms with Crippen LogP contribution in [-0.4, -0.2) is 35.6 Å². The summed E-state index contributed by atoms with van der Waals surface area (Å²) in [6.45, 7) is -0.000274. The molecule has 4 aliphatic carbocycles. The van der Waals surface area contributed by atoms with Crippen LogP contribution in [0.15, 0.2) is 59.5 Å². The number of carbonyl (C=O) groups is 2. The maximum atomic E-state index is 13.8. The number of rotatable bonds is 9. The number of halogens is 3. The lowest BCUT2D eigenvalue weighted by molar-refractivity contribution is -0.150. The Morgan fingerprint density at radius 3 is 2.21 bits per heavy atom. The minimum Gasteiger partial charge on any atom is -0.497 e. The summed E-state index contributed by atoms with van der Waals surface area (Å²) in [6.07, 6.45) is 5.92. The topological polar surface area (TPSA) is 84.9 Å². The number of nitrogens with one attached hydrogen (secondary N) is 1. The Balaban J connectivity index is 1.29. The van der Waals surface area contributed by atoms with Gasteiger partial charge in [0, 0.05) is 15.7 Å². The van der Waals surface area contributed by atoms with E-state index in [0.29, 0.717) is 34.5 Å². The molecule has 6 nitrogen and oxygen atoms in total. The molecule has 1 amide bonds. The molecule has 2 N–H and O–H groups in total. The fraction of sp³-hybridized carbons (Fsp3) is 0.438. The lowest BCUT2D eigenvalue weighted by atomic mass is 9.47. The molecule has 0 heterocycles. The van der Waals surface area contributed by atoms with Gasteiger partial charge in [0.05, 0.1) is 12.7 Å². The van der Waals surface area contributed by atoms with Crippen molar-refractivity contribution in [3.63, 3.8) is 0 Å². The first kappa shape index (κ1) is 28.7. The Morgan fingerprint density at radius 1 is 1.00 bits per heavy atom. The van der Waals surface area contributed by atoms with Crippen molar-refractivity contribution in [3.05, 3.63) is 65.7 Å². The van der Waals surface area contributed by atoms with Crippen molar-refractivity contribution in [2.45, 2.75) is 61.6 Å². The highest BCUT2D eigenvalue weighted by atomic mass is 32.2. The van der Waals surface area contributed by atoms with Crippen molar-refractivity contribution in [2.24, 2.45) is 23.2 Å². The summed E-state index contributed by atoms with van der Waals surface area (Å²) < 4.78 is 49.7. The number of alkyl halides is 3. The molecule has 0 unspecified atom stereocenters. The van der Waals surface area contributed by atoms with Crippen LogP contribution in [-0.2, 0) is 11.4 Å². The smallest absolute Gasteiger partial charge is 0.446 e. The molecule has 0 saturated heterocycles. The molecule has 4 saturated carbocycles. The largest absolute Gasteiger partial charge is 0.497 e. The third-order valence-electron chi connectivity index (χ3n) is 9.18. The van der Waals surface area contributed by atoms with E-state index in [1.165, 1.54) is 12.1 Å². The molecule has 42 heavy (non-hydrogen) atoms. The Labute approximate surface area is 246 Å². The van der Waals surface area contributed by atoms with E-state index in [-0.39, 0.29) is 34.6 Å². The fourth-order valence-electron chi connectivity index (χ4n) is 7.90. The number of carbonyl (C=O) groups excluding carboxylic acids is 1. The van der Waals surface area contributed by atoms with Gasteiger partial charge in [-0.2, -0.15) is 13.2 Å². The van der Waals surface area contributed by atoms with Gasteiger partial charge in [0.15, 0.2) is 0 Å². The summed E-state index contributed by atoms with van der Waals surface area (Å²) in [5.74, 6) is 0.909. The number of amides is 1. The predicted molar refractivity (Wildman–Crippen MR) is 153 cm³/mol. The Morgan fingerprint density at radius 2 is 1.64 bits per heavy atom. The maximum absolute atomic E-state index is 13.8. The third-order valence-corrected chi connectivity index (χ3v) is 9.92. The molecule has 0 spiro atoms. The number of benzene rings is 3. The van der Waals surface area contributed by atoms with Crippen molar-refractivity contribution < 1.29 is 37.3 Å². The number of carboxylic acid groups (broad SMARTS) is 1. The van der Waals surface area contributed by atoms with Gasteiger partial charge in [-0.25, -0.2) is 4.79 Å². The Hall–Kier alpha value is -3.40. The van der Waals surface area contributed by atoms with Gasteiger partial charge in [-0.05, 0) is 115 Å². The van der Waals surface area contributed by atoms with Crippen LogP contribution in [0.2, 0.25) is 0 Å². The van der Waals surface area contributed by atoms with E-state index in [0.717, 1.165) is 43.9 Å². The predicted octanol–water partition coefficient (Wildman–Crippen LogP) is 7.44. The van der Waals surface area contributed by atoms with Gasteiger partial charge in [0.1, 0.15) is 24.1 Å². The molecular weight excluding hydrogens is 567 g/mol. The molecule has 1 atom stereocenters. The number of thioether (sulfide) groups is 1. The van der Waals surface area contributed by atoms with Crippen molar-refractivity contribution in [1.29, 1.82) is 0 Å². The molecule has 4 bridgehead atoms. The number of carboxylic acids is 1. The lowest BCUT2D eigenvalue weighted by Gasteiger charge is -2.58. The quantitative estimate of drug-likeness (QED) is 0.249. The first-order valence-corrected chi connectivity index (χ1v) is 15.0. The normalized spacial score (nSPS) is 25.3. The maximum Gasteiger partial charge on any atom is 0.446 e. The highest BCUT2D eigenvalue weighted by Crippen LogP contribution is 2.61. The second-order valence-electron chi connectivity index (χ2n) is 12.0. The van der Waals surface area contributed by atoms with Crippen LogP contribution in [0.3, 0.4) is 0 Å². The summed E-state index contributed by atoms with van der Waals surface area (Å²) >= 11 is -0.190. The monoisotopic (exact) mass is 599 g/mol. The summed E-state index contributed by atoms with van der Waals surface area (Å²) in [4.78, 5) is 26.5. The summed E-state index contributed by atoms with van der Waals surface area (Å²) in [6, 6.07) is 13.6. The molecule has 10 heteroatoms. The van der Waals surface area contributed by atoms with Gasteiger partial charge in [0.25, 0.3) is 5.91 Å². The van der Waals surface area contributed by atoms with Gasteiger partial charge in [-0.3, -0.25) is 4.79 Å². The van der Waals surface area contributed by atoms with Crippen LogP contribution < -0.4 is 14.8 Å². The average molecular weight is 600 g/mol. The summed E-state index contributed by atoms with van der Waals surface area (Å²) in [7, 11) is 1.55. The molecule has 7 rings (SSSR count). The van der Waals surface area contributed by atoms with Gasteiger partial charge < -0.3 is 19.9 Å². The number of ether oxygens (including phenoxy) is 2. The van der Waals surface area contributed by atoms with Crippen LogP contribution >= 0.6 is 11.8 Å². The minimum atomic E-state index is -4.38. The summed E-state index contributed by atoms with van der Waals surface area (Å²) in [5, 5.41) is 14.6. The second kappa shape index (κ2) is 11.0. The van der Waals surface area contributed by atoms with Gasteiger partial charge in [-0.1, -0.05) is 18.2 Å². The van der Waals surface area contributed by atoms with Gasteiger partial charge in [0.2, 0.25) is 0 Å². The van der Waals surface area contributed by atoms with Crippen LogP contribution in [0.4, 0.5) is 13.2 Å². The van der Waals surface area contributed by atoms with Crippen molar-refractivity contribution >= 4 is 34.4 Å². The summed E-state index contributed by atoms with van der Waals surface area (Å²) in [5.41, 5.74) is -4.00. The fourth-order valence-corrected chi connectivity index (χ4v) is 8.44. The lowest BCUT2D eigenvalue weighted by Crippen LogP contribution is -2.59. The van der Waals surface area contributed by atoms with E-state index in [4.69, 9.17) is 9.47 Å². The molecule has 0 aromatic heterocycles. The van der Waals surface area contributed by atoms with Crippen LogP contribution in [0.5, 0.6) is 11.5 Å². The van der Waals surface area contributed by atoms with E-state index in [1.54, 1.807) is 43.5 Å². The zero-order chi connectivity index (χ0) is 29.6. The molecule has 4 fully saturated rings. The number of methoxy groups -OCH3 is 1. The molecule has 3 aromatic carbocycles. The van der Waals surface area contributed by atoms with Gasteiger partial charge in [-0.15, -0.1) is 0 Å². The van der Waals surface area contributed by atoms with E-state index < -0.39 is 28.8 Å². The number of aliphatic carboxylic acids is 1. The standard InChI is InChI=1S/C32H32F3NO5S/c1-40-23-5-9-25-22(13-23)4-8-26(27(25)41-17-18-2-6-24(7-3-18)42-32(33,34)35)29(37)36-28(30(38)39)31-14-19-10-20(15-31)12-21(11-19)16-31/h2-9,13,19-21,28H,10-12,14-17H2,1H3,(H,36,37)(H,38,39)/t19?,20?,21?,28-,31?/m1/s1. The van der Waals surface area contributed by atoms with Crippen LogP contribution in [0.25, 0.3) is 10.8 Å². The number of hydrogen-bond donors (Lipinski definition) is 2. The van der Waals surface area contributed by atoms with Crippen LogP contribution in [0, 0.1) is 23.2 Å². The van der Waals surface area contributed by atoms with Crippen LogP contribution in [0.1, 0.15) is 54.4 Å². The Bertz CT molecular complexity index is 1470. The first-order valence-electron chi connectivity index (χ1n) is 14.1. The number of fused-ring (bicyclic) bond motifs is 1. The third kappa shape index (κ3) is 5.78. The SMILES string of the molecule is COc1ccc2c(OCc3ccc(SC(F)(F)F)cc3)c(C(=O)N[C@H](C(=O)O)C34CC5CC(CC(C5)C3)C4)ccc2c1.